The highest BCUT2D eigenvalue weighted by Gasteiger charge is 2.39. The molecule has 0 spiro atoms. The van der Waals surface area contributed by atoms with E-state index in [-0.39, 0.29) is 5.91 Å². The van der Waals surface area contributed by atoms with E-state index < -0.39 is 0 Å². The van der Waals surface area contributed by atoms with Crippen molar-refractivity contribution in [2.75, 3.05) is 13.2 Å². The minimum Gasteiger partial charge on any atom is -0.325 e. The summed E-state index contributed by atoms with van der Waals surface area (Å²) in [6, 6.07) is 0.457. The summed E-state index contributed by atoms with van der Waals surface area (Å²) in [6.45, 7) is 5.88. The molecule has 1 aliphatic carbocycles. The van der Waals surface area contributed by atoms with Crippen LogP contribution in [0.3, 0.4) is 0 Å². The highest BCUT2D eigenvalue weighted by molar-refractivity contribution is 5.80. The van der Waals surface area contributed by atoms with Gasteiger partial charge in [-0.2, -0.15) is 0 Å². The summed E-state index contributed by atoms with van der Waals surface area (Å²) in [6.07, 6.45) is 5.03. The lowest BCUT2D eigenvalue weighted by molar-refractivity contribution is -0.131. The Bertz CT molecular complexity index is 237. The highest BCUT2D eigenvalue weighted by Crippen LogP contribution is 2.38. The summed E-state index contributed by atoms with van der Waals surface area (Å²) in [5.74, 6) is 0.282. The average molecular weight is 196 g/mol. The number of amides is 1. The quantitative estimate of drug-likeness (QED) is 0.686. The SMILES string of the molecule is CC1(C)CCCCC1N1CNCC1=O. The minimum atomic E-state index is 0.282. The van der Waals surface area contributed by atoms with Crippen LogP contribution in [0.1, 0.15) is 39.5 Å². The Labute approximate surface area is 85.8 Å². The summed E-state index contributed by atoms with van der Waals surface area (Å²) >= 11 is 0. The molecule has 1 unspecified atom stereocenters. The normalized spacial score (nSPS) is 32.3. The van der Waals surface area contributed by atoms with E-state index in [9.17, 15) is 4.79 Å². The molecule has 1 saturated heterocycles. The molecule has 1 atom stereocenters. The third kappa shape index (κ3) is 1.65. The third-order valence-corrected chi connectivity index (χ3v) is 3.71. The monoisotopic (exact) mass is 196 g/mol. The van der Waals surface area contributed by atoms with Crippen molar-refractivity contribution >= 4 is 5.91 Å². The second-order valence-corrected chi connectivity index (χ2v) is 5.20. The standard InChI is InChI=1S/C11H20N2O/c1-11(2)6-4-3-5-9(11)13-8-12-7-10(13)14/h9,12H,3-8H2,1-2H3. The first-order valence-corrected chi connectivity index (χ1v) is 5.61. The molecule has 3 heteroatoms. The van der Waals surface area contributed by atoms with Gasteiger partial charge in [0.15, 0.2) is 0 Å². The maximum absolute atomic E-state index is 11.6. The molecule has 2 aliphatic rings. The molecule has 2 rings (SSSR count). The zero-order valence-electron chi connectivity index (χ0n) is 9.18. The van der Waals surface area contributed by atoms with E-state index in [4.69, 9.17) is 0 Å². The summed E-state index contributed by atoms with van der Waals surface area (Å²) in [5.41, 5.74) is 0.305. The van der Waals surface area contributed by atoms with Crippen LogP contribution in [-0.4, -0.2) is 30.1 Å². The number of rotatable bonds is 1. The van der Waals surface area contributed by atoms with Crippen molar-refractivity contribution in [3.8, 4) is 0 Å². The van der Waals surface area contributed by atoms with Crippen LogP contribution in [-0.2, 0) is 4.79 Å². The molecule has 0 aromatic carbocycles. The van der Waals surface area contributed by atoms with Gasteiger partial charge in [0, 0.05) is 6.04 Å². The van der Waals surface area contributed by atoms with Crippen LogP contribution in [0.5, 0.6) is 0 Å². The largest absolute Gasteiger partial charge is 0.325 e. The van der Waals surface area contributed by atoms with E-state index >= 15 is 0 Å². The molecule has 1 aliphatic heterocycles. The van der Waals surface area contributed by atoms with Gasteiger partial charge in [-0.25, -0.2) is 0 Å². The predicted molar refractivity (Wildman–Crippen MR) is 55.8 cm³/mol. The summed E-state index contributed by atoms with van der Waals surface area (Å²) < 4.78 is 0. The van der Waals surface area contributed by atoms with Gasteiger partial charge in [0.2, 0.25) is 5.91 Å². The van der Waals surface area contributed by atoms with Gasteiger partial charge >= 0.3 is 0 Å². The van der Waals surface area contributed by atoms with E-state index in [1.165, 1.54) is 25.7 Å². The highest BCUT2D eigenvalue weighted by atomic mass is 16.2. The Morgan fingerprint density at radius 1 is 1.43 bits per heavy atom. The predicted octanol–water partition coefficient (Wildman–Crippen LogP) is 1.34. The molecule has 1 heterocycles. The van der Waals surface area contributed by atoms with Crippen molar-refractivity contribution in [2.24, 2.45) is 5.41 Å². The second kappa shape index (κ2) is 3.54. The maximum atomic E-state index is 11.6. The van der Waals surface area contributed by atoms with Gasteiger partial charge in [-0.1, -0.05) is 26.7 Å². The van der Waals surface area contributed by atoms with E-state index in [1.807, 2.05) is 4.90 Å². The lowest BCUT2D eigenvalue weighted by Gasteiger charge is -2.43. The topological polar surface area (TPSA) is 32.3 Å². The van der Waals surface area contributed by atoms with E-state index in [2.05, 4.69) is 19.2 Å². The Balaban J connectivity index is 2.11. The fourth-order valence-corrected chi connectivity index (χ4v) is 2.81. The number of carbonyl (C=O) groups excluding carboxylic acids is 1. The Hall–Kier alpha value is -0.570. The van der Waals surface area contributed by atoms with Gasteiger partial charge in [0.05, 0.1) is 13.2 Å². The van der Waals surface area contributed by atoms with E-state index in [0.717, 1.165) is 6.67 Å². The molecule has 0 aromatic heterocycles. The molecule has 3 nitrogen and oxygen atoms in total. The Morgan fingerprint density at radius 2 is 2.21 bits per heavy atom. The molecular formula is C11H20N2O. The van der Waals surface area contributed by atoms with Crippen LogP contribution in [0.25, 0.3) is 0 Å². The number of hydrogen-bond acceptors (Lipinski definition) is 2. The number of nitrogens with zero attached hydrogens (tertiary/aromatic N) is 1. The first-order valence-electron chi connectivity index (χ1n) is 5.61. The average Bonchev–Trinajstić information content (AvgIpc) is 2.51. The molecule has 0 bridgehead atoms. The lowest BCUT2D eigenvalue weighted by Crippen LogP contribution is -2.48. The molecule has 80 valence electrons. The number of nitrogens with one attached hydrogen (secondary N) is 1. The molecule has 2 fully saturated rings. The fraction of sp³-hybridized carbons (Fsp3) is 0.909. The molecule has 1 saturated carbocycles. The lowest BCUT2D eigenvalue weighted by atomic mass is 9.72. The van der Waals surface area contributed by atoms with Gasteiger partial charge in [0.25, 0.3) is 0 Å². The zero-order valence-corrected chi connectivity index (χ0v) is 9.18. The Kier molecular flexibility index (Phi) is 2.52. The maximum Gasteiger partial charge on any atom is 0.237 e. The van der Waals surface area contributed by atoms with Crippen LogP contribution in [0.2, 0.25) is 0 Å². The number of hydrogen-bond donors (Lipinski definition) is 1. The van der Waals surface area contributed by atoms with Gasteiger partial charge in [-0.05, 0) is 18.3 Å². The molecule has 14 heavy (non-hydrogen) atoms. The molecule has 1 amide bonds. The third-order valence-electron chi connectivity index (χ3n) is 3.71. The van der Waals surface area contributed by atoms with Gasteiger partial charge in [0.1, 0.15) is 0 Å². The van der Waals surface area contributed by atoms with E-state index in [1.54, 1.807) is 0 Å². The first-order chi connectivity index (χ1) is 6.61. The van der Waals surface area contributed by atoms with Crippen LogP contribution in [0, 0.1) is 5.41 Å². The van der Waals surface area contributed by atoms with Crippen LogP contribution >= 0.6 is 0 Å². The van der Waals surface area contributed by atoms with Crippen molar-refractivity contribution < 1.29 is 4.79 Å². The smallest absolute Gasteiger partial charge is 0.237 e. The summed E-state index contributed by atoms with van der Waals surface area (Å²) in [7, 11) is 0. The first kappa shape index (κ1) is 9.97. The van der Waals surface area contributed by atoms with Crippen molar-refractivity contribution in [1.82, 2.24) is 10.2 Å². The van der Waals surface area contributed by atoms with Crippen LogP contribution < -0.4 is 5.32 Å². The molecular weight excluding hydrogens is 176 g/mol. The summed E-state index contributed by atoms with van der Waals surface area (Å²) in [5, 5.41) is 3.13. The van der Waals surface area contributed by atoms with Crippen molar-refractivity contribution in [3.63, 3.8) is 0 Å². The summed E-state index contributed by atoms with van der Waals surface area (Å²) in [4.78, 5) is 13.7. The van der Waals surface area contributed by atoms with Gasteiger partial charge < -0.3 is 4.90 Å². The molecule has 0 radical (unpaired) electrons. The molecule has 0 aromatic rings. The van der Waals surface area contributed by atoms with E-state index in [0.29, 0.717) is 18.0 Å². The van der Waals surface area contributed by atoms with Crippen molar-refractivity contribution in [2.45, 2.75) is 45.6 Å². The number of carbonyl (C=O) groups is 1. The van der Waals surface area contributed by atoms with Crippen LogP contribution in [0.4, 0.5) is 0 Å². The van der Waals surface area contributed by atoms with Crippen LogP contribution in [0.15, 0.2) is 0 Å². The molecule has 1 N–H and O–H groups in total. The minimum absolute atomic E-state index is 0.282. The van der Waals surface area contributed by atoms with Gasteiger partial charge in [-0.3, -0.25) is 10.1 Å². The van der Waals surface area contributed by atoms with Crippen molar-refractivity contribution in [1.29, 1.82) is 0 Å². The fourth-order valence-electron chi connectivity index (χ4n) is 2.81. The Morgan fingerprint density at radius 3 is 2.79 bits per heavy atom. The zero-order chi connectivity index (χ0) is 10.2. The second-order valence-electron chi connectivity index (χ2n) is 5.20. The van der Waals surface area contributed by atoms with Gasteiger partial charge in [-0.15, -0.1) is 0 Å². The van der Waals surface area contributed by atoms with Crippen molar-refractivity contribution in [3.05, 3.63) is 0 Å².